The summed E-state index contributed by atoms with van der Waals surface area (Å²) >= 11 is 4.94. The molecule has 1 aliphatic rings. The first-order chi connectivity index (χ1) is 9.45. The van der Waals surface area contributed by atoms with Crippen LogP contribution in [0.2, 0.25) is 0 Å². The number of nitrogens with zero attached hydrogens (tertiary/aromatic N) is 1. The molecule has 1 aliphatic heterocycles. The van der Waals surface area contributed by atoms with Crippen LogP contribution in [-0.4, -0.2) is 35.1 Å². The number of carboxylic acids is 1. The van der Waals surface area contributed by atoms with Crippen LogP contribution >= 0.6 is 27.3 Å². The van der Waals surface area contributed by atoms with Crippen molar-refractivity contribution in [2.75, 3.05) is 13.1 Å². The van der Waals surface area contributed by atoms with Gasteiger partial charge in [-0.2, -0.15) is 0 Å². The van der Waals surface area contributed by atoms with Gasteiger partial charge in [0, 0.05) is 27.8 Å². The number of urea groups is 1. The molecule has 2 unspecified atom stereocenters. The number of hydrogen-bond acceptors (Lipinski definition) is 3. The van der Waals surface area contributed by atoms with Crippen molar-refractivity contribution in [3.63, 3.8) is 0 Å². The Morgan fingerprint density at radius 2 is 2.30 bits per heavy atom. The molecular weight excluding hydrogens is 344 g/mol. The van der Waals surface area contributed by atoms with Crippen molar-refractivity contribution in [3.8, 4) is 0 Å². The number of halogens is 1. The van der Waals surface area contributed by atoms with Crippen LogP contribution in [0, 0.1) is 11.8 Å². The molecule has 1 aromatic rings. The van der Waals surface area contributed by atoms with E-state index in [0.717, 1.165) is 9.35 Å². The average Bonchev–Trinajstić information content (AvgIpc) is 2.81. The maximum atomic E-state index is 12.1. The number of likely N-dealkylation sites (tertiary alicyclic amines) is 1. The third-order valence-corrected chi connectivity index (χ3v) is 5.03. The Kier molecular flexibility index (Phi) is 5.04. The van der Waals surface area contributed by atoms with E-state index in [1.165, 1.54) is 0 Å². The van der Waals surface area contributed by atoms with Gasteiger partial charge in [-0.15, -0.1) is 11.3 Å². The molecule has 0 bridgehead atoms. The van der Waals surface area contributed by atoms with Crippen molar-refractivity contribution in [3.05, 3.63) is 20.8 Å². The lowest BCUT2D eigenvalue weighted by atomic mass is 9.91. The predicted octanol–water partition coefficient (Wildman–Crippen LogP) is 2.76. The summed E-state index contributed by atoms with van der Waals surface area (Å²) in [5.74, 6) is -1.07. The third-order valence-electron chi connectivity index (χ3n) is 3.33. The summed E-state index contributed by atoms with van der Waals surface area (Å²) in [5.41, 5.74) is 0. The average molecular weight is 361 g/mol. The molecule has 0 spiro atoms. The van der Waals surface area contributed by atoms with E-state index in [2.05, 4.69) is 21.2 Å². The molecule has 2 rings (SSSR count). The van der Waals surface area contributed by atoms with Crippen LogP contribution in [0.4, 0.5) is 4.79 Å². The largest absolute Gasteiger partial charge is 0.481 e. The first kappa shape index (κ1) is 15.3. The van der Waals surface area contributed by atoms with Gasteiger partial charge in [-0.05, 0) is 34.3 Å². The fraction of sp³-hybridized carbons (Fsp3) is 0.538. The standard InChI is InChI=1S/C13H17BrN2O3S/c1-8-2-9(12(17)18)6-16(5-8)13(19)15-4-11-3-10(14)7-20-11/h3,7-9H,2,4-6H2,1H3,(H,15,19)(H,17,18). The highest BCUT2D eigenvalue weighted by molar-refractivity contribution is 9.10. The summed E-state index contributed by atoms with van der Waals surface area (Å²) in [4.78, 5) is 25.9. The normalized spacial score (nSPS) is 22.6. The summed E-state index contributed by atoms with van der Waals surface area (Å²) in [5, 5.41) is 13.9. The van der Waals surface area contributed by atoms with E-state index >= 15 is 0 Å². The number of carbonyl (C=O) groups is 2. The summed E-state index contributed by atoms with van der Waals surface area (Å²) in [6.07, 6.45) is 0.636. The zero-order chi connectivity index (χ0) is 14.7. The summed E-state index contributed by atoms with van der Waals surface area (Å²) in [6, 6.07) is 1.77. The van der Waals surface area contributed by atoms with Crippen molar-refractivity contribution in [2.45, 2.75) is 19.9 Å². The topological polar surface area (TPSA) is 69.6 Å². The Labute approximate surface area is 130 Å². The molecule has 1 fully saturated rings. The Bertz CT molecular complexity index is 506. The maximum Gasteiger partial charge on any atom is 0.317 e. The molecule has 110 valence electrons. The molecule has 0 aliphatic carbocycles. The molecule has 1 saturated heterocycles. The lowest BCUT2D eigenvalue weighted by Gasteiger charge is -2.34. The van der Waals surface area contributed by atoms with E-state index in [4.69, 9.17) is 5.11 Å². The van der Waals surface area contributed by atoms with E-state index in [9.17, 15) is 9.59 Å². The maximum absolute atomic E-state index is 12.1. The minimum Gasteiger partial charge on any atom is -0.481 e. The SMILES string of the molecule is CC1CC(C(=O)O)CN(C(=O)NCc2cc(Br)cs2)C1. The van der Waals surface area contributed by atoms with E-state index < -0.39 is 11.9 Å². The van der Waals surface area contributed by atoms with Crippen molar-refractivity contribution in [1.29, 1.82) is 0 Å². The first-order valence-corrected chi connectivity index (χ1v) is 8.11. The highest BCUT2D eigenvalue weighted by Crippen LogP contribution is 2.22. The minimum atomic E-state index is -0.823. The number of thiophene rings is 1. The quantitative estimate of drug-likeness (QED) is 0.870. The van der Waals surface area contributed by atoms with Crippen LogP contribution in [0.5, 0.6) is 0 Å². The summed E-state index contributed by atoms with van der Waals surface area (Å²) in [7, 11) is 0. The number of rotatable bonds is 3. The van der Waals surface area contributed by atoms with Gasteiger partial charge >= 0.3 is 12.0 Å². The van der Waals surface area contributed by atoms with E-state index in [0.29, 0.717) is 26.1 Å². The molecule has 0 radical (unpaired) electrons. The van der Waals surface area contributed by atoms with Gasteiger partial charge in [0.25, 0.3) is 0 Å². The molecule has 1 aromatic heterocycles. The Balaban J connectivity index is 1.89. The van der Waals surface area contributed by atoms with Crippen LogP contribution in [-0.2, 0) is 11.3 Å². The number of amides is 2. The number of carboxylic acid groups (broad SMARTS) is 1. The van der Waals surface area contributed by atoms with Crippen LogP contribution < -0.4 is 5.32 Å². The summed E-state index contributed by atoms with van der Waals surface area (Å²) < 4.78 is 1.00. The summed E-state index contributed by atoms with van der Waals surface area (Å²) in [6.45, 7) is 3.35. The molecule has 2 N–H and O–H groups in total. The van der Waals surface area contributed by atoms with Gasteiger partial charge < -0.3 is 15.3 Å². The van der Waals surface area contributed by atoms with Gasteiger partial charge in [0.2, 0.25) is 0 Å². The molecule has 0 aromatic carbocycles. The smallest absolute Gasteiger partial charge is 0.317 e. The lowest BCUT2D eigenvalue weighted by Crippen LogP contribution is -2.49. The fourth-order valence-electron chi connectivity index (χ4n) is 2.42. The number of nitrogens with one attached hydrogen (secondary N) is 1. The molecule has 0 saturated carbocycles. The molecule has 2 amide bonds. The number of piperidine rings is 1. The van der Waals surface area contributed by atoms with Gasteiger partial charge in [0.05, 0.1) is 12.5 Å². The second-order valence-corrected chi connectivity index (χ2v) is 7.08. The Morgan fingerprint density at radius 1 is 1.55 bits per heavy atom. The number of carbonyl (C=O) groups excluding carboxylic acids is 1. The molecule has 20 heavy (non-hydrogen) atoms. The molecule has 5 nitrogen and oxygen atoms in total. The molecule has 2 heterocycles. The van der Waals surface area contributed by atoms with Gasteiger partial charge in [0.15, 0.2) is 0 Å². The molecule has 2 atom stereocenters. The van der Waals surface area contributed by atoms with Gasteiger partial charge in [-0.3, -0.25) is 4.79 Å². The fourth-order valence-corrected chi connectivity index (χ4v) is 3.81. The minimum absolute atomic E-state index is 0.188. The Morgan fingerprint density at radius 3 is 2.90 bits per heavy atom. The van der Waals surface area contributed by atoms with Gasteiger partial charge in [-0.25, -0.2) is 4.79 Å². The van der Waals surface area contributed by atoms with Crippen molar-refractivity contribution < 1.29 is 14.7 Å². The first-order valence-electron chi connectivity index (χ1n) is 6.44. The Hall–Kier alpha value is -1.08. The third kappa shape index (κ3) is 3.96. The van der Waals surface area contributed by atoms with Crippen LogP contribution in [0.25, 0.3) is 0 Å². The van der Waals surface area contributed by atoms with Crippen LogP contribution in [0.3, 0.4) is 0 Å². The lowest BCUT2D eigenvalue weighted by molar-refractivity contribution is -0.143. The zero-order valence-corrected chi connectivity index (χ0v) is 13.5. The van der Waals surface area contributed by atoms with Crippen LogP contribution in [0.1, 0.15) is 18.2 Å². The number of aliphatic carboxylic acids is 1. The highest BCUT2D eigenvalue weighted by Gasteiger charge is 2.31. The monoisotopic (exact) mass is 360 g/mol. The molecular formula is C13H17BrN2O3S. The van der Waals surface area contributed by atoms with Crippen molar-refractivity contribution >= 4 is 39.3 Å². The van der Waals surface area contributed by atoms with Gasteiger partial charge in [0.1, 0.15) is 0 Å². The van der Waals surface area contributed by atoms with Crippen molar-refractivity contribution in [2.24, 2.45) is 11.8 Å². The predicted molar refractivity (Wildman–Crippen MR) is 80.7 cm³/mol. The van der Waals surface area contributed by atoms with E-state index in [-0.39, 0.29) is 11.9 Å². The van der Waals surface area contributed by atoms with E-state index in [1.54, 1.807) is 16.2 Å². The second-order valence-electron chi connectivity index (χ2n) is 5.17. The zero-order valence-electron chi connectivity index (χ0n) is 11.1. The second kappa shape index (κ2) is 6.58. The number of hydrogen-bond donors (Lipinski definition) is 2. The van der Waals surface area contributed by atoms with E-state index in [1.807, 2.05) is 18.4 Å². The highest BCUT2D eigenvalue weighted by atomic mass is 79.9. The van der Waals surface area contributed by atoms with Gasteiger partial charge in [-0.1, -0.05) is 6.92 Å². The molecule has 7 heteroatoms. The van der Waals surface area contributed by atoms with Crippen molar-refractivity contribution in [1.82, 2.24) is 10.2 Å². The van der Waals surface area contributed by atoms with Crippen LogP contribution in [0.15, 0.2) is 15.9 Å².